The standard InChI is InChI=1S/C10H15N3O2/c1-5-7(6(2)14)8(10(15)12-3)9(11)13(5)4/h11H2,1-4H3,(H,12,15). The maximum atomic E-state index is 11.6. The molecule has 0 unspecified atom stereocenters. The zero-order valence-corrected chi connectivity index (χ0v) is 9.34. The van der Waals surface area contributed by atoms with Crippen molar-refractivity contribution in [2.24, 2.45) is 7.05 Å². The van der Waals surface area contributed by atoms with E-state index in [-0.39, 0.29) is 17.3 Å². The van der Waals surface area contributed by atoms with Gasteiger partial charge in [-0.15, -0.1) is 0 Å². The fourth-order valence-electron chi connectivity index (χ4n) is 1.61. The van der Waals surface area contributed by atoms with Gasteiger partial charge in [-0.05, 0) is 13.8 Å². The summed E-state index contributed by atoms with van der Waals surface area (Å²) < 4.78 is 1.64. The van der Waals surface area contributed by atoms with Crippen molar-refractivity contribution < 1.29 is 9.59 Å². The van der Waals surface area contributed by atoms with Crippen LogP contribution in [0.15, 0.2) is 0 Å². The van der Waals surface area contributed by atoms with Crippen molar-refractivity contribution in [2.45, 2.75) is 13.8 Å². The highest BCUT2D eigenvalue weighted by Gasteiger charge is 2.24. The van der Waals surface area contributed by atoms with Gasteiger partial charge in [-0.2, -0.15) is 0 Å². The quantitative estimate of drug-likeness (QED) is 0.695. The van der Waals surface area contributed by atoms with Crippen molar-refractivity contribution in [3.63, 3.8) is 0 Å². The van der Waals surface area contributed by atoms with Crippen LogP contribution in [0.1, 0.15) is 33.3 Å². The lowest BCUT2D eigenvalue weighted by molar-refractivity contribution is 0.0948. The molecule has 1 aromatic rings. The van der Waals surface area contributed by atoms with Gasteiger partial charge in [0.25, 0.3) is 5.91 Å². The van der Waals surface area contributed by atoms with Gasteiger partial charge in [-0.1, -0.05) is 0 Å². The van der Waals surface area contributed by atoms with Gasteiger partial charge >= 0.3 is 0 Å². The molecular formula is C10H15N3O2. The number of rotatable bonds is 2. The number of ketones is 1. The van der Waals surface area contributed by atoms with E-state index in [2.05, 4.69) is 5.32 Å². The first-order valence-electron chi connectivity index (χ1n) is 4.59. The Kier molecular flexibility index (Phi) is 2.83. The average Bonchev–Trinajstić information content (AvgIpc) is 2.41. The molecule has 1 heterocycles. The fourth-order valence-corrected chi connectivity index (χ4v) is 1.61. The maximum absolute atomic E-state index is 11.6. The van der Waals surface area contributed by atoms with Crippen LogP contribution >= 0.6 is 0 Å². The van der Waals surface area contributed by atoms with E-state index in [1.54, 1.807) is 18.5 Å². The molecule has 1 aromatic heterocycles. The lowest BCUT2D eigenvalue weighted by Gasteiger charge is -2.01. The van der Waals surface area contributed by atoms with Gasteiger partial charge in [0, 0.05) is 19.8 Å². The van der Waals surface area contributed by atoms with Crippen LogP contribution < -0.4 is 11.1 Å². The Balaban J connectivity index is 3.55. The second-order valence-electron chi connectivity index (χ2n) is 3.41. The first kappa shape index (κ1) is 11.3. The molecule has 15 heavy (non-hydrogen) atoms. The van der Waals surface area contributed by atoms with E-state index in [9.17, 15) is 9.59 Å². The number of hydrogen-bond acceptors (Lipinski definition) is 3. The predicted octanol–water partition coefficient (Wildman–Crippen LogP) is 0.478. The van der Waals surface area contributed by atoms with Crippen LogP contribution in [-0.2, 0) is 7.05 Å². The monoisotopic (exact) mass is 209 g/mol. The molecule has 0 aliphatic heterocycles. The number of Topliss-reactive ketones (excluding diaryl/α,β-unsaturated/α-hetero) is 1. The number of anilines is 1. The molecule has 0 atom stereocenters. The molecule has 0 saturated heterocycles. The second-order valence-corrected chi connectivity index (χ2v) is 3.41. The molecule has 5 nitrogen and oxygen atoms in total. The van der Waals surface area contributed by atoms with Crippen LogP contribution in [0.25, 0.3) is 0 Å². The zero-order valence-electron chi connectivity index (χ0n) is 9.34. The number of nitrogens with two attached hydrogens (primary N) is 1. The van der Waals surface area contributed by atoms with Crippen LogP contribution in [0.2, 0.25) is 0 Å². The number of nitrogens with zero attached hydrogens (tertiary/aromatic N) is 1. The molecule has 1 rings (SSSR count). The Bertz CT molecular complexity index is 432. The highest BCUT2D eigenvalue weighted by atomic mass is 16.2. The van der Waals surface area contributed by atoms with Crippen molar-refractivity contribution in [2.75, 3.05) is 12.8 Å². The molecule has 0 radical (unpaired) electrons. The zero-order chi connectivity index (χ0) is 11.7. The van der Waals surface area contributed by atoms with Crippen molar-refractivity contribution in [3.05, 3.63) is 16.8 Å². The first-order valence-corrected chi connectivity index (χ1v) is 4.59. The van der Waals surface area contributed by atoms with Crippen molar-refractivity contribution >= 4 is 17.5 Å². The highest BCUT2D eigenvalue weighted by molar-refractivity contribution is 6.11. The van der Waals surface area contributed by atoms with Gasteiger partial charge in [0.05, 0.1) is 11.1 Å². The van der Waals surface area contributed by atoms with Gasteiger partial charge in [0.2, 0.25) is 0 Å². The van der Waals surface area contributed by atoms with E-state index in [0.717, 1.165) is 0 Å². The summed E-state index contributed by atoms with van der Waals surface area (Å²) in [6.07, 6.45) is 0. The summed E-state index contributed by atoms with van der Waals surface area (Å²) >= 11 is 0. The summed E-state index contributed by atoms with van der Waals surface area (Å²) in [5.41, 5.74) is 7.14. The largest absolute Gasteiger partial charge is 0.384 e. The molecule has 0 aromatic carbocycles. The van der Waals surface area contributed by atoms with Crippen LogP contribution in [0.3, 0.4) is 0 Å². The number of carbonyl (C=O) groups excluding carboxylic acids is 2. The Morgan fingerprint density at radius 2 is 1.87 bits per heavy atom. The molecule has 0 fully saturated rings. The van der Waals surface area contributed by atoms with Gasteiger partial charge in [-0.3, -0.25) is 9.59 Å². The Hall–Kier alpha value is -1.78. The van der Waals surface area contributed by atoms with E-state index in [0.29, 0.717) is 17.1 Å². The maximum Gasteiger partial charge on any atom is 0.255 e. The smallest absolute Gasteiger partial charge is 0.255 e. The number of aromatic nitrogens is 1. The second kappa shape index (κ2) is 3.76. The van der Waals surface area contributed by atoms with Gasteiger partial charge in [0.1, 0.15) is 5.82 Å². The molecule has 5 heteroatoms. The summed E-state index contributed by atoms with van der Waals surface area (Å²) in [4.78, 5) is 23.0. The summed E-state index contributed by atoms with van der Waals surface area (Å²) in [6.45, 7) is 3.19. The third-order valence-corrected chi connectivity index (χ3v) is 2.54. The fraction of sp³-hybridized carbons (Fsp3) is 0.400. The summed E-state index contributed by atoms with van der Waals surface area (Å²) in [5, 5.41) is 2.47. The predicted molar refractivity (Wildman–Crippen MR) is 58.0 cm³/mol. The van der Waals surface area contributed by atoms with Gasteiger partial charge in [0.15, 0.2) is 5.78 Å². The Morgan fingerprint density at radius 1 is 1.33 bits per heavy atom. The minimum absolute atomic E-state index is 0.154. The third-order valence-electron chi connectivity index (χ3n) is 2.54. The molecule has 3 N–H and O–H groups in total. The SMILES string of the molecule is CNC(=O)c1c(C(C)=O)c(C)n(C)c1N. The lowest BCUT2D eigenvalue weighted by atomic mass is 10.1. The van der Waals surface area contributed by atoms with Crippen LogP contribution in [0.4, 0.5) is 5.82 Å². The average molecular weight is 209 g/mol. The Labute approximate surface area is 88.3 Å². The van der Waals surface area contributed by atoms with Crippen LogP contribution in [-0.4, -0.2) is 23.3 Å². The number of hydrogen-bond donors (Lipinski definition) is 2. The molecule has 0 spiro atoms. The van der Waals surface area contributed by atoms with E-state index in [1.807, 2.05) is 0 Å². The summed E-state index contributed by atoms with van der Waals surface area (Å²) in [5.74, 6) is -0.170. The third kappa shape index (κ3) is 1.60. The van der Waals surface area contributed by atoms with Crippen LogP contribution in [0, 0.1) is 6.92 Å². The minimum atomic E-state index is -0.332. The minimum Gasteiger partial charge on any atom is -0.384 e. The molecule has 0 aliphatic rings. The number of nitrogen functional groups attached to an aromatic ring is 1. The molecule has 1 amide bonds. The topological polar surface area (TPSA) is 77.1 Å². The van der Waals surface area contributed by atoms with Crippen molar-refractivity contribution in [3.8, 4) is 0 Å². The van der Waals surface area contributed by atoms with Crippen LogP contribution in [0.5, 0.6) is 0 Å². The van der Waals surface area contributed by atoms with Crippen molar-refractivity contribution in [1.82, 2.24) is 9.88 Å². The molecule has 0 aliphatic carbocycles. The molecule has 82 valence electrons. The number of amides is 1. The molecule has 0 bridgehead atoms. The molecule has 0 saturated carbocycles. The molecular weight excluding hydrogens is 194 g/mol. The van der Waals surface area contributed by atoms with Gasteiger partial charge in [-0.25, -0.2) is 0 Å². The van der Waals surface area contributed by atoms with Gasteiger partial charge < -0.3 is 15.6 Å². The number of nitrogens with one attached hydrogen (secondary N) is 1. The number of carbonyl (C=O) groups is 2. The van der Waals surface area contributed by atoms with E-state index in [4.69, 9.17) is 5.73 Å². The lowest BCUT2D eigenvalue weighted by Crippen LogP contribution is -2.21. The highest BCUT2D eigenvalue weighted by Crippen LogP contribution is 2.24. The van der Waals surface area contributed by atoms with E-state index >= 15 is 0 Å². The first-order chi connectivity index (χ1) is 6.91. The van der Waals surface area contributed by atoms with E-state index < -0.39 is 0 Å². The van der Waals surface area contributed by atoms with E-state index in [1.165, 1.54) is 14.0 Å². The normalized spacial score (nSPS) is 10.1. The summed E-state index contributed by atoms with van der Waals surface area (Å²) in [7, 11) is 3.23. The Morgan fingerprint density at radius 3 is 2.27 bits per heavy atom. The van der Waals surface area contributed by atoms with Crippen molar-refractivity contribution in [1.29, 1.82) is 0 Å². The summed E-state index contributed by atoms with van der Waals surface area (Å²) in [6, 6.07) is 0.